The first kappa shape index (κ1) is 12.0. The number of likely N-dealkylation sites (tertiary alicyclic amines) is 1. The van der Waals surface area contributed by atoms with Crippen molar-refractivity contribution in [3.05, 3.63) is 35.8 Å². The van der Waals surface area contributed by atoms with E-state index in [9.17, 15) is 4.39 Å². The minimum absolute atomic E-state index is 0.416. The predicted molar refractivity (Wildman–Crippen MR) is 61.9 cm³/mol. The first-order valence-electron chi connectivity index (χ1n) is 5.22. The summed E-state index contributed by atoms with van der Waals surface area (Å²) in [6.07, 6.45) is 1.91. The number of halogens is 1. The summed E-state index contributed by atoms with van der Waals surface area (Å²) in [6, 6.07) is 0. The highest BCUT2D eigenvalue weighted by molar-refractivity contribution is 5.22. The lowest BCUT2D eigenvalue weighted by atomic mass is 9.98. The quantitative estimate of drug-likeness (QED) is 0.572. The molecule has 0 aromatic carbocycles. The Morgan fingerprint density at radius 2 is 1.93 bits per heavy atom. The van der Waals surface area contributed by atoms with Gasteiger partial charge < -0.3 is 10.6 Å². The molecule has 0 radical (unpaired) electrons. The molecule has 0 bridgehead atoms. The van der Waals surface area contributed by atoms with Gasteiger partial charge in [-0.3, -0.25) is 0 Å². The molecule has 3 heteroatoms. The van der Waals surface area contributed by atoms with Crippen LogP contribution in [0.4, 0.5) is 4.39 Å². The van der Waals surface area contributed by atoms with Gasteiger partial charge in [0.25, 0.3) is 0 Å². The van der Waals surface area contributed by atoms with E-state index in [1.54, 1.807) is 0 Å². The molecule has 1 heterocycles. The summed E-state index contributed by atoms with van der Waals surface area (Å²) < 4.78 is 12.8. The third-order valence-corrected chi connectivity index (χ3v) is 2.97. The van der Waals surface area contributed by atoms with Gasteiger partial charge in [0.1, 0.15) is 5.83 Å². The second-order valence-corrected chi connectivity index (χ2v) is 3.93. The third kappa shape index (κ3) is 2.93. The van der Waals surface area contributed by atoms with Crippen molar-refractivity contribution >= 4 is 0 Å². The van der Waals surface area contributed by atoms with E-state index in [4.69, 9.17) is 5.73 Å². The molecule has 1 saturated heterocycles. The van der Waals surface area contributed by atoms with Crippen LogP contribution in [0, 0.1) is 0 Å². The molecule has 0 aliphatic carbocycles. The summed E-state index contributed by atoms with van der Waals surface area (Å²) >= 11 is 0. The van der Waals surface area contributed by atoms with Gasteiger partial charge in [0.15, 0.2) is 0 Å². The van der Waals surface area contributed by atoms with Gasteiger partial charge >= 0.3 is 0 Å². The molecule has 84 valence electrons. The molecule has 0 atom stereocenters. The fourth-order valence-electron chi connectivity index (χ4n) is 1.79. The van der Waals surface area contributed by atoms with Gasteiger partial charge in [0.05, 0.1) is 5.70 Å². The van der Waals surface area contributed by atoms with Crippen LogP contribution in [0.2, 0.25) is 0 Å². The maximum absolute atomic E-state index is 12.8. The third-order valence-electron chi connectivity index (χ3n) is 2.97. The summed E-state index contributed by atoms with van der Waals surface area (Å²) in [4.78, 5) is 1.94. The molecule has 2 N–H and O–H groups in total. The molecule has 1 aliphatic heterocycles. The molecule has 15 heavy (non-hydrogen) atoms. The highest BCUT2D eigenvalue weighted by Gasteiger charge is 2.17. The van der Waals surface area contributed by atoms with E-state index in [-0.39, 0.29) is 0 Å². The van der Waals surface area contributed by atoms with Crippen LogP contribution in [0.15, 0.2) is 35.8 Å². The zero-order valence-corrected chi connectivity index (χ0v) is 9.35. The number of hydrogen-bond donors (Lipinski definition) is 1. The van der Waals surface area contributed by atoms with E-state index in [0.717, 1.165) is 25.9 Å². The molecule has 1 rings (SSSR count). The molecule has 0 aromatic heterocycles. The average Bonchev–Trinajstić information content (AvgIpc) is 2.27. The van der Waals surface area contributed by atoms with Crippen LogP contribution < -0.4 is 5.73 Å². The molecule has 0 aromatic rings. The Morgan fingerprint density at radius 1 is 1.40 bits per heavy atom. The number of allylic oxidation sites excluding steroid dienone is 1. The normalized spacial score (nSPS) is 16.5. The van der Waals surface area contributed by atoms with Gasteiger partial charge in [-0.15, -0.1) is 0 Å². The van der Waals surface area contributed by atoms with E-state index < -0.39 is 5.83 Å². The van der Waals surface area contributed by atoms with E-state index in [1.165, 1.54) is 11.1 Å². The fraction of sp³-hybridized carbons (Fsp3) is 0.500. The van der Waals surface area contributed by atoms with Crippen molar-refractivity contribution in [2.24, 2.45) is 5.73 Å². The molecule has 1 aliphatic rings. The summed E-state index contributed by atoms with van der Waals surface area (Å²) in [7, 11) is 0. The number of hydrogen-bond acceptors (Lipinski definition) is 2. The Bertz CT molecular complexity index is 295. The molecule has 0 spiro atoms. The van der Waals surface area contributed by atoms with Crippen molar-refractivity contribution in [1.29, 1.82) is 0 Å². The number of nitrogens with zero attached hydrogens (tertiary/aromatic N) is 1. The van der Waals surface area contributed by atoms with Gasteiger partial charge in [0, 0.05) is 19.6 Å². The predicted octanol–water partition coefficient (Wildman–Crippen LogP) is 2.35. The zero-order chi connectivity index (χ0) is 11.4. The summed E-state index contributed by atoms with van der Waals surface area (Å²) in [5.74, 6) is -0.432. The Kier molecular flexibility index (Phi) is 4.09. The topological polar surface area (TPSA) is 29.3 Å². The molecule has 1 fully saturated rings. The van der Waals surface area contributed by atoms with Crippen LogP contribution in [-0.4, -0.2) is 24.5 Å². The van der Waals surface area contributed by atoms with Gasteiger partial charge in [-0.2, -0.15) is 0 Å². The second-order valence-electron chi connectivity index (χ2n) is 3.93. The van der Waals surface area contributed by atoms with E-state index in [2.05, 4.69) is 20.1 Å². The maximum atomic E-state index is 12.8. The lowest BCUT2D eigenvalue weighted by Crippen LogP contribution is -2.30. The monoisotopic (exact) mass is 210 g/mol. The van der Waals surface area contributed by atoms with Crippen molar-refractivity contribution in [3.63, 3.8) is 0 Å². The lowest BCUT2D eigenvalue weighted by Gasteiger charge is -2.31. The molecule has 0 saturated carbocycles. The standard InChI is InChI=1S/C12H19FN2/c1-9(8-14)12-4-6-15(7-5-12)11(3)10(2)13/h2-8,14H2,1H3. The van der Waals surface area contributed by atoms with Crippen molar-refractivity contribution < 1.29 is 4.39 Å². The molecule has 0 amide bonds. The fourth-order valence-corrected chi connectivity index (χ4v) is 1.79. The van der Waals surface area contributed by atoms with Crippen LogP contribution in [0.5, 0.6) is 0 Å². The van der Waals surface area contributed by atoms with Crippen LogP contribution in [-0.2, 0) is 0 Å². The van der Waals surface area contributed by atoms with Gasteiger partial charge in [0.2, 0.25) is 0 Å². The van der Waals surface area contributed by atoms with Crippen molar-refractivity contribution in [1.82, 2.24) is 4.90 Å². The Labute approximate surface area is 90.9 Å². The molecule has 0 unspecified atom stereocenters. The Balaban J connectivity index is 2.57. The van der Waals surface area contributed by atoms with E-state index >= 15 is 0 Å². The summed E-state index contributed by atoms with van der Waals surface area (Å²) in [6.45, 7) is 11.2. The van der Waals surface area contributed by atoms with E-state index in [0.29, 0.717) is 12.2 Å². The van der Waals surface area contributed by atoms with Crippen molar-refractivity contribution in [3.8, 4) is 0 Å². The second kappa shape index (κ2) is 5.12. The number of nitrogens with two attached hydrogens (primary N) is 1. The molecular weight excluding hydrogens is 191 g/mol. The Morgan fingerprint density at radius 3 is 2.33 bits per heavy atom. The largest absolute Gasteiger partial charge is 0.369 e. The van der Waals surface area contributed by atoms with Crippen LogP contribution in [0.25, 0.3) is 0 Å². The van der Waals surface area contributed by atoms with Gasteiger partial charge in [-0.1, -0.05) is 24.3 Å². The molecular formula is C12H19FN2. The lowest BCUT2D eigenvalue weighted by molar-refractivity contribution is 0.314. The zero-order valence-electron chi connectivity index (χ0n) is 9.35. The minimum atomic E-state index is -0.432. The maximum Gasteiger partial charge on any atom is 0.138 e. The SMILES string of the molecule is C=C(F)C(=C)N1CCC(=C(C)CN)CC1. The smallest absolute Gasteiger partial charge is 0.138 e. The van der Waals surface area contributed by atoms with Crippen LogP contribution in [0.1, 0.15) is 19.8 Å². The summed E-state index contributed by atoms with van der Waals surface area (Å²) in [5, 5.41) is 0. The van der Waals surface area contributed by atoms with E-state index in [1.807, 2.05) is 4.90 Å². The highest BCUT2D eigenvalue weighted by atomic mass is 19.1. The van der Waals surface area contributed by atoms with Crippen molar-refractivity contribution in [2.45, 2.75) is 19.8 Å². The summed E-state index contributed by atoms with van der Waals surface area (Å²) in [5.41, 5.74) is 8.67. The van der Waals surface area contributed by atoms with Crippen LogP contribution >= 0.6 is 0 Å². The van der Waals surface area contributed by atoms with Crippen molar-refractivity contribution in [2.75, 3.05) is 19.6 Å². The molecule has 2 nitrogen and oxygen atoms in total. The number of piperidine rings is 1. The Hall–Kier alpha value is -1.09. The first-order chi connectivity index (χ1) is 7.06. The average molecular weight is 210 g/mol. The first-order valence-corrected chi connectivity index (χ1v) is 5.22. The number of rotatable bonds is 3. The highest BCUT2D eigenvalue weighted by Crippen LogP contribution is 2.24. The van der Waals surface area contributed by atoms with Crippen LogP contribution in [0.3, 0.4) is 0 Å². The van der Waals surface area contributed by atoms with Gasteiger partial charge in [-0.25, -0.2) is 4.39 Å². The van der Waals surface area contributed by atoms with Gasteiger partial charge in [-0.05, 0) is 19.8 Å². The minimum Gasteiger partial charge on any atom is -0.369 e.